The van der Waals surface area contributed by atoms with E-state index in [4.69, 9.17) is 0 Å². The first-order valence-corrected chi connectivity index (χ1v) is 11.6. The monoisotopic (exact) mass is 417 g/mol. The summed E-state index contributed by atoms with van der Waals surface area (Å²) >= 11 is 0. The number of amides is 1. The number of carbonyl (C=O) groups excluding carboxylic acids is 1. The van der Waals surface area contributed by atoms with Gasteiger partial charge in [0.25, 0.3) is 5.91 Å². The number of pyridine rings is 1. The Morgan fingerprint density at radius 1 is 1.21 bits per heavy atom. The van der Waals surface area contributed by atoms with Gasteiger partial charge in [-0.25, -0.2) is 13.4 Å². The highest BCUT2D eigenvalue weighted by atomic mass is 32.2. The quantitative estimate of drug-likeness (QED) is 0.558. The molecule has 1 aromatic heterocycles. The van der Waals surface area contributed by atoms with Gasteiger partial charge in [0.1, 0.15) is 5.82 Å². The second-order valence-corrected chi connectivity index (χ2v) is 8.80. The molecule has 0 radical (unpaired) electrons. The van der Waals surface area contributed by atoms with Gasteiger partial charge in [0.15, 0.2) is 0 Å². The molecule has 8 nitrogen and oxygen atoms in total. The summed E-state index contributed by atoms with van der Waals surface area (Å²) in [6, 6.07) is 11.7. The van der Waals surface area contributed by atoms with Gasteiger partial charge in [-0.3, -0.25) is 9.52 Å². The Hall–Kier alpha value is -2.65. The van der Waals surface area contributed by atoms with Crippen molar-refractivity contribution in [2.75, 3.05) is 48.6 Å². The van der Waals surface area contributed by atoms with Gasteiger partial charge < -0.3 is 15.5 Å². The lowest BCUT2D eigenvalue weighted by Crippen LogP contribution is -2.44. The maximum atomic E-state index is 12.9. The molecule has 1 fully saturated rings. The average molecular weight is 418 g/mol. The number of anilines is 2. The lowest BCUT2D eigenvalue weighted by Gasteiger charge is -2.30. The van der Waals surface area contributed by atoms with E-state index >= 15 is 0 Å². The van der Waals surface area contributed by atoms with Crippen LogP contribution in [0.15, 0.2) is 42.6 Å². The standard InChI is InChI=1S/C20H27N5O3S/c1-29(27,28)24-17-14-18(19(23-15-17)25-12-10-21-11-13-25)20(26)22-9-5-8-16-6-3-2-4-7-16/h2-4,6-7,14-15,21,24H,5,8-13H2,1H3,(H,22,26). The first-order chi connectivity index (χ1) is 13.9. The van der Waals surface area contributed by atoms with E-state index in [1.54, 1.807) is 6.07 Å². The number of piperazine rings is 1. The Bertz CT molecular complexity index is 928. The number of sulfonamides is 1. The number of hydrogen-bond donors (Lipinski definition) is 3. The van der Waals surface area contributed by atoms with Crippen molar-refractivity contribution in [1.29, 1.82) is 0 Å². The minimum Gasteiger partial charge on any atom is -0.353 e. The summed E-state index contributed by atoms with van der Waals surface area (Å²) in [6.45, 7) is 3.62. The highest BCUT2D eigenvalue weighted by molar-refractivity contribution is 7.92. The average Bonchev–Trinajstić information content (AvgIpc) is 2.71. The summed E-state index contributed by atoms with van der Waals surface area (Å²) < 4.78 is 25.5. The second kappa shape index (κ2) is 9.71. The van der Waals surface area contributed by atoms with Crippen LogP contribution in [0.2, 0.25) is 0 Å². The fourth-order valence-corrected chi connectivity index (χ4v) is 3.80. The van der Waals surface area contributed by atoms with Crippen LogP contribution in [0.5, 0.6) is 0 Å². The summed E-state index contributed by atoms with van der Waals surface area (Å²) in [6.07, 6.45) is 4.21. The first kappa shape index (κ1) is 21.1. The van der Waals surface area contributed by atoms with Crippen LogP contribution in [0, 0.1) is 0 Å². The summed E-state index contributed by atoms with van der Waals surface area (Å²) in [5.74, 6) is 0.322. The van der Waals surface area contributed by atoms with E-state index < -0.39 is 10.0 Å². The SMILES string of the molecule is CS(=O)(=O)Nc1cnc(N2CCNCC2)c(C(=O)NCCCc2ccccc2)c1. The highest BCUT2D eigenvalue weighted by Gasteiger charge is 2.21. The molecule has 1 amide bonds. The molecular weight excluding hydrogens is 390 g/mol. The largest absolute Gasteiger partial charge is 0.353 e. The molecule has 2 aromatic rings. The van der Waals surface area contributed by atoms with Gasteiger partial charge in [0, 0.05) is 32.7 Å². The summed E-state index contributed by atoms with van der Waals surface area (Å²) in [5, 5.41) is 6.21. The zero-order chi connectivity index (χ0) is 20.7. The van der Waals surface area contributed by atoms with E-state index in [9.17, 15) is 13.2 Å². The van der Waals surface area contributed by atoms with Crippen LogP contribution in [0.25, 0.3) is 0 Å². The molecule has 1 aromatic carbocycles. The summed E-state index contributed by atoms with van der Waals surface area (Å²) in [5.41, 5.74) is 1.88. The molecule has 0 saturated carbocycles. The van der Waals surface area contributed by atoms with Crippen molar-refractivity contribution in [2.24, 2.45) is 0 Å². The molecule has 1 saturated heterocycles. The molecule has 156 valence electrons. The normalized spacial score (nSPS) is 14.4. The van der Waals surface area contributed by atoms with Gasteiger partial charge in [-0.2, -0.15) is 0 Å². The molecule has 3 N–H and O–H groups in total. The van der Waals surface area contributed by atoms with Crippen molar-refractivity contribution >= 4 is 27.4 Å². The molecule has 9 heteroatoms. The first-order valence-electron chi connectivity index (χ1n) is 9.68. The van der Waals surface area contributed by atoms with Crippen molar-refractivity contribution in [3.05, 3.63) is 53.7 Å². The van der Waals surface area contributed by atoms with Crippen LogP contribution in [-0.4, -0.2) is 58.3 Å². The Balaban J connectivity index is 1.70. The number of carbonyl (C=O) groups is 1. The van der Waals surface area contributed by atoms with E-state index in [-0.39, 0.29) is 11.6 Å². The minimum atomic E-state index is -3.45. The van der Waals surface area contributed by atoms with E-state index in [1.165, 1.54) is 11.8 Å². The van der Waals surface area contributed by atoms with E-state index in [0.717, 1.165) is 45.3 Å². The van der Waals surface area contributed by atoms with Crippen molar-refractivity contribution in [3.63, 3.8) is 0 Å². The zero-order valence-corrected chi connectivity index (χ0v) is 17.3. The number of nitrogens with one attached hydrogen (secondary N) is 3. The second-order valence-electron chi connectivity index (χ2n) is 7.05. The number of hydrogen-bond acceptors (Lipinski definition) is 6. The maximum Gasteiger partial charge on any atom is 0.255 e. The molecule has 3 rings (SSSR count). The smallest absolute Gasteiger partial charge is 0.255 e. The highest BCUT2D eigenvalue weighted by Crippen LogP contribution is 2.22. The third-order valence-electron chi connectivity index (χ3n) is 4.60. The number of rotatable bonds is 8. The van der Waals surface area contributed by atoms with Crippen LogP contribution < -0.4 is 20.3 Å². The Kier molecular flexibility index (Phi) is 7.05. The van der Waals surface area contributed by atoms with Gasteiger partial charge in [-0.15, -0.1) is 0 Å². The lowest BCUT2D eigenvalue weighted by molar-refractivity contribution is 0.0953. The van der Waals surface area contributed by atoms with Gasteiger partial charge in [0.2, 0.25) is 10.0 Å². The lowest BCUT2D eigenvalue weighted by atomic mass is 10.1. The number of aryl methyl sites for hydroxylation is 1. The van der Waals surface area contributed by atoms with Gasteiger partial charge in [-0.05, 0) is 24.5 Å². The Labute approximate surface area is 171 Å². The number of nitrogens with zero attached hydrogens (tertiary/aromatic N) is 2. The van der Waals surface area contributed by atoms with Crippen LogP contribution in [0.3, 0.4) is 0 Å². The molecule has 2 heterocycles. The molecule has 29 heavy (non-hydrogen) atoms. The number of aromatic nitrogens is 1. The van der Waals surface area contributed by atoms with Crippen molar-refractivity contribution < 1.29 is 13.2 Å². The van der Waals surface area contributed by atoms with E-state index in [1.807, 2.05) is 23.1 Å². The van der Waals surface area contributed by atoms with Gasteiger partial charge in [-0.1, -0.05) is 30.3 Å². The maximum absolute atomic E-state index is 12.9. The van der Waals surface area contributed by atoms with Crippen molar-refractivity contribution in [2.45, 2.75) is 12.8 Å². The van der Waals surface area contributed by atoms with E-state index in [0.29, 0.717) is 17.9 Å². The van der Waals surface area contributed by atoms with Crippen molar-refractivity contribution in [1.82, 2.24) is 15.6 Å². The van der Waals surface area contributed by atoms with Crippen LogP contribution in [-0.2, 0) is 16.4 Å². The molecule has 0 aliphatic carbocycles. The minimum absolute atomic E-state index is 0.253. The fourth-order valence-electron chi connectivity index (χ4n) is 3.26. The predicted molar refractivity (Wildman–Crippen MR) is 115 cm³/mol. The topological polar surface area (TPSA) is 103 Å². The molecular formula is C20H27N5O3S. The molecule has 0 unspecified atom stereocenters. The molecule has 1 aliphatic heterocycles. The molecule has 0 spiro atoms. The molecule has 0 bridgehead atoms. The third-order valence-corrected chi connectivity index (χ3v) is 5.21. The Morgan fingerprint density at radius 3 is 2.62 bits per heavy atom. The van der Waals surface area contributed by atoms with Crippen LogP contribution in [0.4, 0.5) is 11.5 Å². The zero-order valence-electron chi connectivity index (χ0n) is 16.5. The molecule has 1 aliphatic rings. The fraction of sp³-hybridized carbons (Fsp3) is 0.400. The van der Waals surface area contributed by atoms with Crippen LogP contribution in [0.1, 0.15) is 22.3 Å². The molecule has 0 atom stereocenters. The summed E-state index contributed by atoms with van der Waals surface area (Å²) in [4.78, 5) is 19.3. The van der Waals surface area contributed by atoms with Gasteiger partial charge >= 0.3 is 0 Å². The van der Waals surface area contributed by atoms with Crippen LogP contribution >= 0.6 is 0 Å². The summed E-state index contributed by atoms with van der Waals surface area (Å²) in [7, 11) is -3.45. The van der Waals surface area contributed by atoms with Gasteiger partial charge in [0.05, 0.1) is 23.7 Å². The van der Waals surface area contributed by atoms with E-state index in [2.05, 4.69) is 32.5 Å². The predicted octanol–water partition coefficient (Wildman–Crippen LogP) is 1.23. The number of benzene rings is 1. The van der Waals surface area contributed by atoms with Crippen molar-refractivity contribution in [3.8, 4) is 0 Å². The Morgan fingerprint density at radius 2 is 1.93 bits per heavy atom. The third kappa shape index (κ3) is 6.43.